The minimum absolute atomic E-state index is 0.0960. The molecule has 25 heavy (non-hydrogen) atoms. The molecular weight excluding hydrogens is 318 g/mol. The third-order valence-electron chi connectivity index (χ3n) is 5.64. The lowest BCUT2D eigenvalue weighted by Gasteiger charge is -2.44. The molecule has 0 aliphatic carbocycles. The van der Waals surface area contributed by atoms with Crippen LogP contribution in [0.5, 0.6) is 5.75 Å². The predicted octanol–water partition coefficient (Wildman–Crippen LogP) is 1.96. The zero-order valence-corrected chi connectivity index (χ0v) is 14.6. The van der Waals surface area contributed by atoms with Crippen molar-refractivity contribution in [3.05, 3.63) is 17.7 Å². The van der Waals surface area contributed by atoms with Gasteiger partial charge in [0.2, 0.25) is 0 Å². The molecule has 2 aromatic rings. The first kappa shape index (κ1) is 16.3. The molecule has 0 radical (unpaired) electrons. The summed E-state index contributed by atoms with van der Waals surface area (Å²) in [5.74, 6) is 0.977. The molecule has 0 spiro atoms. The third kappa shape index (κ3) is 3.20. The zero-order valence-electron chi connectivity index (χ0n) is 14.6. The van der Waals surface area contributed by atoms with E-state index in [4.69, 9.17) is 4.74 Å². The molecule has 0 unspecified atom stereocenters. The number of nitrogens with zero attached hydrogens (tertiary/aromatic N) is 3. The number of aromatic amines is 1. The van der Waals surface area contributed by atoms with Crippen LogP contribution in [0.2, 0.25) is 0 Å². The summed E-state index contributed by atoms with van der Waals surface area (Å²) < 4.78 is 5.37. The van der Waals surface area contributed by atoms with Crippen molar-refractivity contribution >= 4 is 16.9 Å². The van der Waals surface area contributed by atoms with Crippen LogP contribution in [0.25, 0.3) is 11.0 Å². The molecule has 2 N–H and O–H groups in total. The van der Waals surface area contributed by atoms with E-state index in [9.17, 15) is 4.79 Å². The number of carbonyl (C=O) groups excluding carboxylic acids is 1. The lowest BCUT2D eigenvalue weighted by atomic mass is 9.83. The minimum Gasteiger partial charge on any atom is -0.496 e. The molecule has 2 saturated heterocycles. The van der Waals surface area contributed by atoms with Gasteiger partial charge >= 0.3 is 0 Å². The van der Waals surface area contributed by atoms with Crippen LogP contribution < -0.4 is 10.1 Å². The van der Waals surface area contributed by atoms with Gasteiger partial charge in [-0.05, 0) is 50.8 Å². The second-order valence-corrected chi connectivity index (χ2v) is 7.09. The highest BCUT2D eigenvalue weighted by Gasteiger charge is 2.33. The minimum atomic E-state index is -0.0960. The fourth-order valence-corrected chi connectivity index (χ4v) is 4.35. The van der Waals surface area contributed by atoms with Gasteiger partial charge in [0.25, 0.3) is 5.91 Å². The Morgan fingerprint density at radius 1 is 1.32 bits per heavy atom. The van der Waals surface area contributed by atoms with Crippen LogP contribution in [0.3, 0.4) is 0 Å². The van der Waals surface area contributed by atoms with Crippen molar-refractivity contribution in [3.8, 4) is 5.75 Å². The Balaban J connectivity index is 1.46. The number of aromatic nitrogens is 3. The highest BCUT2D eigenvalue weighted by molar-refractivity contribution is 6.00. The van der Waals surface area contributed by atoms with E-state index < -0.39 is 0 Å². The Bertz CT molecular complexity index is 757. The molecule has 1 aromatic carbocycles. The van der Waals surface area contributed by atoms with Gasteiger partial charge in [-0.25, -0.2) is 0 Å². The molecule has 7 heteroatoms. The second-order valence-electron chi connectivity index (χ2n) is 7.09. The Morgan fingerprint density at radius 3 is 3.08 bits per heavy atom. The van der Waals surface area contributed by atoms with Crippen LogP contribution in [0, 0.1) is 5.92 Å². The highest BCUT2D eigenvalue weighted by Crippen LogP contribution is 2.30. The van der Waals surface area contributed by atoms with Crippen LogP contribution in [-0.2, 0) is 0 Å². The van der Waals surface area contributed by atoms with Gasteiger partial charge in [-0.1, -0.05) is 11.6 Å². The van der Waals surface area contributed by atoms with E-state index in [1.54, 1.807) is 19.2 Å². The summed E-state index contributed by atoms with van der Waals surface area (Å²) in [6.45, 7) is 3.15. The smallest absolute Gasteiger partial charge is 0.255 e. The normalized spacial score (nSPS) is 24.0. The molecule has 1 amide bonds. The number of benzene rings is 1. The van der Waals surface area contributed by atoms with Gasteiger partial charge in [-0.3, -0.25) is 9.89 Å². The van der Waals surface area contributed by atoms with E-state index in [0.717, 1.165) is 12.1 Å². The number of carbonyl (C=O) groups is 1. The Morgan fingerprint density at radius 2 is 2.20 bits per heavy atom. The van der Waals surface area contributed by atoms with Crippen molar-refractivity contribution in [3.63, 3.8) is 0 Å². The van der Waals surface area contributed by atoms with E-state index in [0.29, 0.717) is 28.8 Å². The number of hydrogen-bond acceptors (Lipinski definition) is 5. The van der Waals surface area contributed by atoms with Gasteiger partial charge in [0.05, 0.1) is 18.2 Å². The van der Waals surface area contributed by atoms with Crippen LogP contribution in [-0.4, -0.2) is 59.0 Å². The third-order valence-corrected chi connectivity index (χ3v) is 5.64. The number of amides is 1. The van der Waals surface area contributed by atoms with E-state index in [-0.39, 0.29) is 5.91 Å². The van der Waals surface area contributed by atoms with Crippen LogP contribution >= 0.6 is 0 Å². The van der Waals surface area contributed by atoms with Crippen molar-refractivity contribution in [1.29, 1.82) is 0 Å². The highest BCUT2D eigenvalue weighted by atomic mass is 16.5. The summed E-state index contributed by atoms with van der Waals surface area (Å²) in [4.78, 5) is 15.4. The number of rotatable bonds is 4. The maximum Gasteiger partial charge on any atom is 0.255 e. The lowest BCUT2D eigenvalue weighted by Crippen LogP contribution is -2.51. The predicted molar refractivity (Wildman–Crippen MR) is 94.7 cm³/mol. The van der Waals surface area contributed by atoms with E-state index in [2.05, 4.69) is 25.6 Å². The van der Waals surface area contributed by atoms with Crippen molar-refractivity contribution in [2.24, 2.45) is 5.92 Å². The van der Waals surface area contributed by atoms with Crippen molar-refractivity contribution in [2.45, 2.75) is 38.1 Å². The molecule has 0 saturated carbocycles. The Labute approximate surface area is 147 Å². The van der Waals surface area contributed by atoms with E-state index >= 15 is 0 Å². The summed E-state index contributed by atoms with van der Waals surface area (Å²) >= 11 is 0. The molecule has 3 heterocycles. The molecular formula is C18H25N5O2. The molecule has 1 aromatic heterocycles. The molecule has 0 bridgehead atoms. The summed E-state index contributed by atoms with van der Waals surface area (Å²) in [6, 6.07) is 4.14. The van der Waals surface area contributed by atoms with Gasteiger partial charge in [-0.15, -0.1) is 5.10 Å². The van der Waals surface area contributed by atoms with Crippen molar-refractivity contribution < 1.29 is 9.53 Å². The molecule has 2 atom stereocenters. The summed E-state index contributed by atoms with van der Waals surface area (Å²) in [5, 5.41) is 13.7. The molecule has 2 aliphatic rings. The van der Waals surface area contributed by atoms with Gasteiger partial charge in [0, 0.05) is 18.7 Å². The monoisotopic (exact) mass is 343 g/mol. The average Bonchev–Trinajstić information content (AvgIpc) is 3.12. The molecule has 134 valence electrons. The fourth-order valence-electron chi connectivity index (χ4n) is 4.35. The number of piperidine rings is 2. The van der Waals surface area contributed by atoms with Gasteiger partial charge in [-0.2, -0.15) is 0 Å². The topological polar surface area (TPSA) is 83.1 Å². The summed E-state index contributed by atoms with van der Waals surface area (Å²) in [7, 11) is 1.57. The first-order valence-corrected chi connectivity index (χ1v) is 9.17. The number of methoxy groups -OCH3 is 1. The number of hydrogen-bond donors (Lipinski definition) is 2. The Hall–Kier alpha value is -2.15. The van der Waals surface area contributed by atoms with E-state index in [1.165, 1.54) is 45.2 Å². The van der Waals surface area contributed by atoms with Gasteiger partial charge in [0.15, 0.2) is 0 Å². The summed E-state index contributed by atoms with van der Waals surface area (Å²) in [6.07, 6.45) is 6.30. The number of nitrogens with one attached hydrogen (secondary N) is 2. The summed E-state index contributed by atoms with van der Waals surface area (Å²) in [5.41, 5.74) is 1.96. The maximum atomic E-state index is 12.7. The van der Waals surface area contributed by atoms with Gasteiger partial charge in [0.1, 0.15) is 11.3 Å². The number of H-pyrrole nitrogens is 1. The Kier molecular flexibility index (Phi) is 4.57. The molecule has 7 nitrogen and oxygen atoms in total. The quantitative estimate of drug-likeness (QED) is 0.887. The largest absolute Gasteiger partial charge is 0.496 e. The molecule has 4 rings (SSSR count). The molecule has 2 aliphatic heterocycles. The van der Waals surface area contributed by atoms with E-state index in [1.807, 2.05) is 0 Å². The second kappa shape index (κ2) is 7.00. The average molecular weight is 343 g/mol. The van der Waals surface area contributed by atoms with Crippen molar-refractivity contribution in [2.75, 3.05) is 26.7 Å². The standard InChI is InChI=1S/C18H25N5O2/c1-25-17-10-15-14(20-22-21-15)9-13(17)18(24)19-11-12-5-4-8-23-7-3-2-6-16(12)23/h9-10,12,16H,2-8,11H2,1H3,(H,19,24)(H,20,21,22)/t12-,16+/m0/s1. The lowest BCUT2D eigenvalue weighted by molar-refractivity contribution is 0.0575. The number of ether oxygens (including phenoxy) is 1. The zero-order chi connectivity index (χ0) is 17.2. The number of fused-ring (bicyclic) bond motifs is 2. The SMILES string of the molecule is COc1cc2nn[nH]c2cc1C(=O)NC[C@@H]1CCCN2CCCC[C@H]12. The fraction of sp³-hybridized carbons (Fsp3) is 0.611. The van der Waals surface area contributed by atoms with Gasteiger partial charge < -0.3 is 15.0 Å². The van der Waals surface area contributed by atoms with Crippen LogP contribution in [0.15, 0.2) is 12.1 Å². The first-order valence-electron chi connectivity index (χ1n) is 9.17. The molecule has 2 fully saturated rings. The van der Waals surface area contributed by atoms with Crippen LogP contribution in [0.4, 0.5) is 0 Å². The van der Waals surface area contributed by atoms with Crippen LogP contribution in [0.1, 0.15) is 42.5 Å². The first-order chi connectivity index (χ1) is 12.3. The maximum absolute atomic E-state index is 12.7. The van der Waals surface area contributed by atoms with Crippen molar-refractivity contribution in [1.82, 2.24) is 25.6 Å².